The largest absolute Gasteiger partial charge is 0.369 e. The molecular formula is C12H17BrN4. The Bertz CT molecular complexity index is 520. The predicted molar refractivity (Wildman–Crippen MR) is 75.0 cm³/mol. The topological polar surface area (TPSA) is 47.1 Å². The molecule has 0 bridgehead atoms. The highest BCUT2D eigenvalue weighted by atomic mass is 79.9. The maximum Gasteiger partial charge on any atom is 0.201 e. The molecule has 2 rings (SSSR count). The number of nitrogen functional groups attached to an aromatic ring is 1. The Balaban J connectivity index is 2.32. The molecule has 0 aliphatic rings. The van der Waals surface area contributed by atoms with Crippen LogP contribution in [-0.2, 0) is 6.54 Å². The van der Waals surface area contributed by atoms with Crippen LogP contribution in [0.4, 0.5) is 5.95 Å². The first-order valence-corrected chi connectivity index (χ1v) is 6.51. The third-order valence-corrected chi connectivity index (χ3v) is 3.48. The minimum absolute atomic E-state index is 0.586. The SMILES string of the molecule is CCN(C)CCn1c(N)nc2ccc(Br)cc21. The zero-order valence-corrected chi connectivity index (χ0v) is 11.7. The minimum Gasteiger partial charge on any atom is -0.369 e. The van der Waals surface area contributed by atoms with Crippen molar-refractivity contribution in [2.45, 2.75) is 13.5 Å². The lowest BCUT2D eigenvalue weighted by Crippen LogP contribution is -2.23. The molecule has 0 saturated carbocycles. The van der Waals surface area contributed by atoms with Gasteiger partial charge in [-0.25, -0.2) is 4.98 Å². The van der Waals surface area contributed by atoms with Crippen LogP contribution in [0, 0.1) is 0 Å². The Hall–Kier alpha value is -1.07. The molecule has 0 radical (unpaired) electrons. The second-order valence-corrected chi connectivity index (χ2v) is 5.07. The van der Waals surface area contributed by atoms with Crippen molar-refractivity contribution < 1.29 is 0 Å². The van der Waals surface area contributed by atoms with Crippen LogP contribution in [0.25, 0.3) is 11.0 Å². The van der Waals surface area contributed by atoms with Crippen molar-refractivity contribution in [3.05, 3.63) is 22.7 Å². The molecule has 1 aromatic carbocycles. The molecule has 0 amide bonds. The van der Waals surface area contributed by atoms with Crippen LogP contribution >= 0.6 is 15.9 Å². The number of benzene rings is 1. The summed E-state index contributed by atoms with van der Waals surface area (Å²) in [5, 5.41) is 0. The lowest BCUT2D eigenvalue weighted by atomic mass is 10.3. The average molecular weight is 297 g/mol. The molecule has 0 saturated heterocycles. The van der Waals surface area contributed by atoms with Gasteiger partial charge in [-0.15, -0.1) is 0 Å². The van der Waals surface area contributed by atoms with E-state index in [1.807, 2.05) is 12.1 Å². The van der Waals surface area contributed by atoms with Crippen molar-refractivity contribution in [1.82, 2.24) is 14.5 Å². The second-order valence-electron chi connectivity index (χ2n) is 4.15. The number of anilines is 1. The zero-order chi connectivity index (χ0) is 12.4. The average Bonchev–Trinajstić information content (AvgIpc) is 2.61. The first-order valence-electron chi connectivity index (χ1n) is 5.71. The lowest BCUT2D eigenvalue weighted by molar-refractivity contribution is 0.338. The molecule has 0 unspecified atom stereocenters. The number of rotatable bonds is 4. The van der Waals surface area contributed by atoms with Crippen LogP contribution < -0.4 is 5.73 Å². The number of nitrogens with zero attached hydrogens (tertiary/aromatic N) is 3. The quantitative estimate of drug-likeness (QED) is 0.942. The summed E-state index contributed by atoms with van der Waals surface area (Å²) in [6.07, 6.45) is 0. The number of hydrogen-bond donors (Lipinski definition) is 1. The fourth-order valence-corrected chi connectivity index (χ4v) is 2.13. The highest BCUT2D eigenvalue weighted by Gasteiger charge is 2.08. The normalized spacial score (nSPS) is 11.5. The molecule has 0 aliphatic heterocycles. The van der Waals surface area contributed by atoms with Crippen LogP contribution in [0.1, 0.15) is 6.92 Å². The van der Waals surface area contributed by atoms with E-state index in [1.54, 1.807) is 0 Å². The van der Waals surface area contributed by atoms with Crippen LogP contribution in [0.5, 0.6) is 0 Å². The summed E-state index contributed by atoms with van der Waals surface area (Å²) in [4.78, 5) is 6.61. The van der Waals surface area contributed by atoms with E-state index in [4.69, 9.17) is 5.73 Å². The molecule has 5 heteroatoms. The summed E-state index contributed by atoms with van der Waals surface area (Å²) in [5.74, 6) is 0.586. The highest BCUT2D eigenvalue weighted by molar-refractivity contribution is 9.10. The van der Waals surface area contributed by atoms with Crippen LogP contribution in [-0.4, -0.2) is 34.6 Å². The van der Waals surface area contributed by atoms with Gasteiger partial charge in [0, 0.05) is 17.6 Å². The van der Waals surface area contributed by atoms with Gasteiger partial charge in [0.15, 0.2) is 0 Å². The molecule has 0 atom stereocenters. The number of nitrogens with two attached hydrogens (primary N) is 1. The van der Waals surface area contributed by atoms with Gasteiger partial charge >= 0.3 is 0 Å². The Morgan fingerprint density at radius 1 is 1.47 bits per heavy atom. The van der Waals surface area contributed by atoms with Gasteiger partial charge in [-0.3, -0.25) is 0 Å². The Morgan fingerprint density at radius 3 is 2.94 bits per heavy atom. The molecule has 0 spiro atoms. The zero-order valence-electron chi connectivity index (χ0n) is 10.2. The monoisotopic (exact) mass is 296 g/mol. The van der Waals surface area contributed by atoms with Gasteiger partial charge in [-0.1, -0.05) is 22.9 Å². The second kappa shape index (κ2) is 5.06. The standard InChI is InChI=1S/C12H17BrN4/c1-3-16(2)6-7-17-11-8-9(13)4-5-10(11)15-12(17)14/h4-5,8H,3,6-7H2,1-2H3,(H2,14,15). The molecule has 0 fully saturated rings. The number of hydrogen-bond acceptors (Lipinski definition) is 3. The molecule has 1 heterocycles. The van der Waals surface area contributed by atoms with E-state index >= 15 is 0 Å². The third-order valence-electron chi connectivity index (χ3n) is 2.98. The van der Waals surface area contributed by atoms with Crippen molar-refractivity contribution in [1.29, 1.82) is 0 Å². The number of fused-ring (bicyclic) bond motifs is 1. The molecule has 17 heavy (non-hydrogen) atoms. The van der Waals surface area contributed by atoms with Crippen molar-refractivity contribution in [3.8, 4) is 0 Å². The third kappa shape index (κ3) is 2.61. The maximum absolute atomic E-state index is 5.95. The first kappa shape index (κ1) is 12.4. The van der Waals surface area contributed by atoms with E-state index in [9.17, 15) is 0 Å². The summed E-state index contributed by atoms with van der Waals surface area (Å²) in [6.45, 7) is 5.02. The van der Waals surface area contributed by atoms with Crippen LogP contribution in [0.3, 0.4) is 0 Å². The van der Waals surface area contributed by atoms with Gasteiger partial charge in [-0.05, 0) is 31.8 Å². The van der Waals surface area contributed by atoms with Crippen LogP contribution in [0.15, 0.2) is 22.7 Å². The summed E-state index contributed by atoms with van der Waals surface area (Å²) < 4.78 is 3.11. The smallest absolute Gasteiger partial charge is 0.201 e. The summed E-state index contributed by atoms with van der Waals surface area (Å²) in [7, 11) is 2.10. The molecule has 2 aromatic rings. The first-order chi connectivity index (χ1) is 8.11. The van der Waals surface area contributed by atoms with Crippen molar-refractivity contribution in [2.75, 3.05) is 25.9 Å². The highest BCUT2D eigenvalue weighted by Crippen LogP contribution is 2.22. The van der Waals surface area contributed by atoms with Gasteiger partial charge < -0.3 is 15.2 Å². The summed E-state index contributed by atoms with van der Waals surface area (Å²) in [6, 6.07) is 6.03. The molecule has 0 aliphatic carbocycles. The number of aromatic nitrogens is 2. The Morgan fingerprint density at radius 2 is 2.24 bits per heavy atom. The number of halogens is 1. The van der Waals surface area contributed by atoms with Crippen LogP contribution in [0.2, 0.25) is 0 Å². The molecule has 2 N–H and O–H groups in total. The summed E-state index contributed by atoms with van der Waals surface area (Å²) >= 11 is 3.48. The van der Waals surface area contributed by atoms with E-state index in [1.165, 1.54) is 0 Å². The molecule has 92 valence electrons. The minimum atomic E-state index is 0.586. The van der Waals surface area contributed by atoms with E-state index in [2.05, 4.69) is 50.4 Å². The van der Waals surface area contributed by atoms with E-state index < -0.39 is 0 Å². The molecule has 1 aromatic heterocycles. The molecular weight excluding hydrogens is 280 g/mol. The predicted octanol–water partition coefficient (Wildman–Crippen LogP) is 2.33. The summed E-state index contributed by atoms with van der Waals surface area (Å²) in [5.41, 5.74) is 7.98. The van der Waals surface area contributed by atoms with Crippen molar-refractivity contribution in [2.24, 2.45) is 0 Å². The van der Waals surface area contributed by atoms with Crippen molar-refractivity contribution in [3.63, 3.8) is 0 Å². The Labute approximate surface area is 110 Å². The van der Waals surface area contributed by atoms with E-state index in [0.717, 1.165) is 35.1 Å². The van der Waals surface area contributed by atoms with Gasteiger partial charge in [-0.2, -0.15) is 0 Å². The van der Waals surface area contributed by atoms with Gasteiger partial charge in [0.25, 0.3) is 0 Å². The lowest BCUT2D eigenvalue weighted by Gasteiger charge is -2.15. The number of imidazole rings is 1. The Kier molecular flexibility index (Phi) is 3.69. The van der Waals surface area contributed by atoms with E-state index in [-0.39, 0.29) is 0 Å². The maximum atomic E-state index is 5.95. The van der Waals surface area contributed by atoms with E-state index in [0.29, 0.717) is 5.95 Å². The van der Waals surface area contributed by atoms with Gasteiger partial charge in [0.1, 0.15) is 0 Å². The number of likely N-dealkylation sites (N-methyl/N-ethyl adjacent to an activating group) is 1. The fourth-order valence-electron chi connectivity index (χ4n) is 1.78. The van der Waals surface area contributed by atoms with Crippen molar-refractivity contribution >= 4 is 32.9 Å². The van der Waals surface area contributed by atoms with Gasteiger partial charge in [0.2, 0.25) is 5.95 Å². The fraction of sp³-hybridized carbons (Fsp3) is 0.417. The van der Waals surface area contributed by atoms with Gasteiger partial charge in [0.05, 0.1) is 11.0 Å². The molecule has 4 nitrogen and oxygen atoms in total.